The third-order valence-electron chi connectivity index (χ3n) is 5.91. The van der Waals surface area contributed by atoms with Crippen LogP contribution < -0.4 is 10.9 Å². The molecule has 0 spiro atoms. The van der Waals surface area contributed by atoms with Gasteiger partial charge in [0.25, 0.3) is 0 Å². The molecule has 3 heterocycles. The molecule has 1 amide bonds. The Hall–Kier alpha value is -3.41. The summed E-state index contributed by atoms with van der Waals surface area (Å²) in [5.41, 5.74) is 4.23. The van der Waals surface area contributed by atoms with Crippen LogP contribution in [0.1, 0.15) is 41.7 Å². The minimum atomic E-state index is -0.398. The Bertz CT molecular complexity index is 1320. The number of hydrogen-bond donors (Lipinski definition) is 1. The van der Waals surface area contributed by atoms with Crippen molar-refractivity contribution >= 4 is 33.5 Å². The van der Waals surface area contributed by atoms with E-state index in [9.17, 15) is 9.59 Å². The molecule has 1 aromatic carbocycles. The maximum atomic E-state index is 12.6. The molecule has 5 rings (SSSR count). The summed E-state index contributed by atoms with van der Waals surface area (Å²) >= 11 is 0. The molecule has 0 saturated heterocycles. The average Bonchev–Trinajstić information content (AvgIpc) is 3.10. The summed E-state index contributed by atoms with van der Waals surface area (Å²) in [6.07, 6.45) is 8.03. The monoisotopic (exact) mass is 402 g/mol. The van der Waals surface area contributed by atoms with E-state index in [1.54, 1.807) is 24.5 Å². The van der Waals surface area contributed by atoms with Crippen LogP contribution in [0.15, 0.2) is 50.3 Å². The zero-order valence-electron chi connectivity index (χ0n) is 16.8. The number of benzene rings is 1. The number of pyridine rings is 1. The van der Waals surface area contributed by atoms with E-state index < -0.39 is 5.63 Å². The number of anilines is 1. The number of furan rings is 1. The first kappa shape index (κ1) is 18.6. The van der Waals surface area contributed by atoms with Crippen LogP contribution in [0.5, 0.6) is 0 Å². The molecule has 1 aliphatic rings. The Morgan fingerprint density at radius 3 is 2.80 bits per heavy atom. The largest absolute Gasteiger partial charge is 0.461 e. The highest BCUT2D eigenvalue weighted by atomic mass is 16.4. The molecule has 1 N–H and O–H groups in total. The van der Waals surface area contributed by atoms with Gasteiger partial charge in [-0.2, -0.15) is 0 Å². The van der Waals surface area contributed by atoms with Crippen LogP contribution in [0.4, 0.5) is 5.69 Å². The minimum Gasteiger partial charge on any atom is -0.461 e. The van der Waals surface area contributed by atoms with Crippen molar-refractivity contribution in [3.05, 3.63) is 69.5 Å². The van der Waals surface area contributed by atoms with Crippen molar-refractivity contribution in [3.63, 3.8) is 0 Å². The Morgan fingerprint density at radius 1 is 1.13 bits per heavy atom. The van der Waals surface area contributed by atoms with Crippen molar-refractivity contribution in [1.82, 2.24) is 4.98 Å². The summed E-state index contributed by atoms with van der Waals surface area (Å²) < 4.78 is 11.6. The van der Waals surface area contributed by atoms with Gasteiger partial charge in [-0.3, -0.25) is 9.78 Å². The fraction of sp³-hybridized carbons (Fsp3) is 0.292. The highest BCUT2D eigenvalue weighted by Gasteiger charge is 2.20. The quantitative estimate of drug-likeness (QED) is 0.501. The molecule has 152 valence electrons. The summed E-state index contributed by atoms with van der Waals surface area (Å²) in [6, 6.07) is 7.44. The van der Waals surface area contributed by atoms with Gasteiger partial charge in [0.05, 0.1) is 11.9 Å². The third kappa shape index (κ3) is 3.28. The van der Waals surface area contributed by atoms with Crippen LogP contribution in [0, 0.1) is 6.92 Å². The van der Waals surface area contributed by atoms with Gasteiger partial charge >= 0.3 is 5.63 Å². The number of amides is 1. The van der Waals surface area contributed by atoms with Crippen LogP contribution in [0.2, 0.25) is 0 Å². The fourth-order valence-electron chi connectivity index (χ4n) is 4.33. The van der Waals surface area contributed by atoms with Crippen LogP contribution >= 0.6 is 0 Å². The Kier molecular flexibility index (Phi) is 4.62. The van der Waals surface area contributed by atoms with E-state index in [0.717, 1.165) is 46.9 Å². The Labute approximate surface area is 172 Å². The fourth-order valence-corrected chi connectivity index (χ4v) is 4.33. The lowest BCUT2D eigenvalue weighted by Gasteiger charge is -2.10. The summed E-state index contributed by atoms with van der Waals surface area (Å²) in [5.74, 6) is 0.889. The number of nitrogens with one attached hydrogen (secondary N) is 1. The third-order valence-corrected chi connectivity index (χ3v) is 5.91. The van der Waals surface area contributed by atoms with Crippen LogP contribution in [0.3, 0.4) is 0 Å². The molecular formula is C24H22N2O4. The second-order valence-electron chi connectivity index (χ2n) is 7.84. The molecule has 6 nitrogen and oxygen atoms in total. The summed E-state index contributed by atoms with van der Waals surface area (Å²) in [5, 5.41) is 4.80. The number of aromatic nitrogens is 1. The first-order chi connectivity index (χ1) is 14.6. The average molecular weight is 402 g/mol. The maximum absolute atomic E-state index is 12.6. The predicted molar refractivity (Wildman–Crippen MR) is 115 cm³/mol. The van der Waals surface area contributed by atoms with Gasteiger partial charge in [0, 0.05) is 47.0 Å². The van der Waals surface area contributed by atoms with Gasteiger partial charge in [-0.25, -0.2) is 4.79 Å². The summed E-state index contributed by atoms with van der Waals surface area (Å²) in [7, 11) is 0. The van der Waals surface area contributed by atoms with E-state index in [1.807, 2.05) is 13.0 Å². The Balaban J connectivity index is 1.47. The van der Waals surface area contributed by atoms with E-state index >= 15 is 0 Å². The molecule has 0 aliphatic heterocycles. The molecule has 6 heteroatoms. The number of fused-ring (bicyclic) bond motifs is 4. The lowest BCUT2D eigenvalue weighted by molar-refractivity contribution is -0.116. The molecule has 30 heavy (non-hydrogen) atoms. The molecular weight excluding hydrogens is 380 g/mol. The zero-order valence-corrected chi connectivity index (χ0v) is 16.8. The van der Waals surface area contributed by atoms with E-state index in [1.165, 1.54) is 12.0 Å². The zero-order chi connectivity index (χ0) is 20.7. The molecule has 0 saturated carbocycles. The van der Waals surface area contributed by atoms with Crippen molar-refractivity contribution in [1.29, 1.82) is 0 Å². The number of carbonyl (C=O) groups is 1. The normalized spacial score (nSPS) is 13.5. The van der Waals surface area contributed by atoms with E-state index in [0.29, 0.717) is 23.3 Å². The standard InChI is InChI=1S/C24H22N2O4/c1-14-16(8-9-23(27)26-15-5-4-10-25-13-15)24(28)30-21-12-22-19(11-18(14)21)17-6-2-3-7-20(17)29-22/h4-5,10-13H,2-3,6-9H2,1H3,(H,26,27). The molecule has 3 aromatic heterocycles. The van der Waals surface area contributed by atoms with Crippen molar-refractivity contribution in [2.45, 2.75) is 45.4 Å². The van der Waals surface area contributed by atoms with Gasteiger partial charge in [0.1, 0.15) is 16.9 Å². The highest BCUT2D eigenvalue weighted by molar-refractivity contribution is 5.97. The molecule has 0 unspecified atom stereocenters. The number of carbonyl (C=O) groups excluding carboxylic acids is 1. The molecule has 4 aromatic rings. The molecule has 0 bridgehead atoms. The van der Waals surface area contributed by atoms with Gasteiger partial charge in [-0.15, -0.1) is 0 Å². The molecule has 0 radical (unpaired) electrons. The second kappa shape index (κ2) is 7.44. The van der Waals surface area contributed by atoms with Crippen molar-refractivity contribution in [2.75, 3.05) is 5.32 Å². The van der Waals surface area contributed by atoms with E-state index in [2.05, 4.69) is 16.4 Å². The smallest absolute Gasteiger partial charge is 0.339 e. The lowest BCUT2D eigenvalue weighted by atomic mass is 9.94. The number of aryl methyl sites for hydroxylation is 3. The number of rotatable bonds is 4. The molecule has 0 atom stereocenters. The van der Waals surface area contributed by atoms with Crippen LogP contribution in [0.25, 0.3) is 21.9 Å². The summed E-state index contributed by atoms with van der Waals surface area (Å²) in [4.78, 5) is 28.9. The first-order valence-corrected chi connectivity index (χ1v) is 10.3. The van der Waals surface area contributed by atoms with Crippen LogP contribution in [-0.2, 0) is 24.1 Å². The van der Waals surface area contributed by atoms with E-state index in [-0.39, 0.29) is 12.3 Å². The van der Waals surface area contributed by atoms with Gasteiger partial charge < -0.3 is 14.2 Å². The second-order valence-corrected chi connectivity index (χ2v) is 7.84. The van der Waals surface area contributed by atoms with Crippen molar-refractivity contribution < 1.29 is 13.6 Å². The lowest BCUT2D eigenvalue weighted by Crippen LogP contribution is -2.16. The van der Waals surface area contributed by atoms with Crippen molar-refractivity contribution in [2.24, 2.45) is 0 Å². The minimum absolute atomic E-state index is 0.166. The van der Waals surface area contributed by atoms with Gasteiger partial charge in [-0.05, 0) is 56.4 Å². The SMILES string of the molecule is Cc1c(CCC(=O)Nc2cccnc2)c(=O)oc2cc3oc4c(c3cc12)CCCC4. The Morgan fingerprint density at radius 2 is 1.97 bits per heavy atom. The van der Waals surface area contributed by atoms with Gasteiger partial charge in [0.2, 0.25) is 5.91 Å². The summed E-state index contributed by atoms with van der Waals surface area (Å²) in [6.45, 7) is 1.92. The van der Waals surface area contributed by atoms with Gasteiger partial charge in [-0.1, -0.05) is 0 Å². The van der Waals surface area contributed by atoms with Crippen LogP contribution in [-0.4, -0.2) is 10.9 Å². The van der Waals surface area contributed by atoms with Gasteiger partial charge in [0.15, 0.2) is 0 Å². The van der Waals surface area contributed by atoms with E-state index in [4.69, 9.17) is 8.83 Å². The van der Waals surface area contributed by atoms with Crippen molar-refractivity contribution in [3.8, 4) is 0 Å². The number of nitrogens with zero attached hydrogens (tertiary/aromatic N) is 1. The molecule has 0 fully saturated rings. The number of hydrogen-bond acceptors (Lipinski definition) is 5. The predicted octanol–water partition coefficient (Wildman–Crippen LogP) is 4.69. The topological polar surface area (TPSA) is 85.3 Å². The highest BCUT2D eigenvalue weighted by Crippen LogP contribution is 2.35. The first-order valence-electron chi connectivity index (χ1n) is 10.3. The maximum Gasteiger partial charge on any atom is 0.339 e. The molecule has 1 aliphatic carbocycles.